The molecule has 0 saturated carbocycles. The van der Waals surface area contributed by atoms with Crippen molar-refractivity contribution in [2.24, 2.45) is 5.10 Å². The van der Waals surface area contributed by atoms with Crippen LogP contribution in [0.1, 0.15) is 17.5 Å². The number of carbonyl (C=O) groups excluding carboxylic acids is 1. The van der Waals surface area contributed by atoms with Gasteiger partial charge in [0, 0.05) is 12.2 Å². The molecule has 0 radical (unpaired) electrons. The summed E-state index contributed by atoms with van der Waals surface area (Å²) in [7, 11) is 1.52. The van der Waals surface area contributed by atoms with Crippen LogP contribution in [0.5, 0.6) is 11.5 Å². The molecule has 1 amide bonds. The van der Waals surface area contributed by atoms with E-state index in [-0.39, 0.29) is 19.1 Å². The van der Waals surface area contributed by atoms with Crippen LogP contribution in [-0.4, -0.2) is 38.9 Å². The number of rotatable bonds is 7. The normalized spacial score (nSPS) is 12.9. The van der Waals surface area contributed by atoms with Crippen molar-refractivity contribution >= 4 is 17.8 Å². The summed E-state index contributed by atoms with van der Waals surface area (Å²) in [6.45, 7) is 1.06. The van der Waals surface area contributed by atoms with Gasteiger partial charge in [0.25, 0.3) is 5.91 Å². The smallest absolute Gasteiger partial charge is 0.259 e. The summed E-state index contributed by atoms with van der Waals surface area (Å²) in [4.78, 5) is 14.3. The van der Waals surface area contributed by atoms with Crippen LogP contribution in [0.4, 0.5) is 5.69 Å². The first-order valence-electron chi connectivity index (χ1n) is 9.04. The molecule has 0 aliphatic carbocycles. The van der Waals surface area contributed by atoms with Crippen LogP contribution >= 0.6 is 0 Å². The molecule has 1 aliphatic rings. The van der Waals surface area contributed by atoms with Crippen LogP contribution in [0.2, 0.25) is 0 Å². The number of anilines is 1. The minimum absolute atomic E-state index is 0.0561. The van der Waals surface area contributed by atoms with Crippen molar-refractivity contribution in [3.63, 3.8) is 0 Å². The SMILES string of the molecule is COc1cc(/C=N\NC(=O)CN2CCCc3ccccc32)ccc1OCC#N. The quantitative estimate of drug-likeness (QED) is 0.591. The maximum absolute atomic E-state index is 12.3. The van der Waals surface area contributed by atoms with Crippen LogP contribution in [0.15, 0.2) is 47.6 Å². The zero-order chi connectivity index (χ0) is 19.8. The fourth-order valence-corrected chi connectivity index (χ4v) is 3.16. The molecule has 1 N–H and O–H groups in total. The lowest BCUT2D eigenvalue weighted by Crippen LogP contribution is -2.38. The molecule has 1 heterocycles. The molecular weight excluding hydrogens is 356 g/mol. The summed E-state index contributed by atoms with van der Waals surface area (Å²) in [5, 5.41) is 12.6. The Morgan fingerprint density at radius 2 is 2.18 bits per heavy atom. The van der Waals surface area contributed by atoms with E-state index in [1.54, 1.807) is 24.4 Å². The number of hydrogen-bond donors (Lipinski definition) is 1. The van der Waals surface area contributed by atoms with E-state index in [4.69, 9.17) is 14.7 Å². The lowest BCUT2D eigenvalue weighted by Gasteiger charge is -2.30. The average molecular weight is 378 g/mol. The van der Waals surface area contributed by atoms with Gasteiger partial charge in [0.05, 0.1) is 19.9 Å². The van der Waals surface area contributed by atoms with Gasteiger partial charge in [-0.25, -0.2) is 5.43 Å². The summed E-state index contributed by atoms with van der Waals surface area (Å²) in [5.41, 5.74) is 5.70. The van der Waals surface area contributed by atoms with Crippen molar-refractivity contribution in [2.45, 2.75) is 12.8 Å². The number of methoxy groups -OCH3 is 1. The van der Waals surface area contributed by atoms with Gasteiger partial charge >= 0.3 is 0 Å². The maximum Gasteiger partial charge on any atom is 0.259 e. The van der Waals surface area contributed by atoms with Gasteiger partial charge in [-0.2, -0.15) is 10.4 Å². The second kappa shape index (κ2) is 9.42. The van der Waals surface area contributed by atoms with Crippen LogP contribution in [0.25, 0.3) is 0 Å². The fourth-order valence-electron chi connectivity index (χ4n) is 3.16. The lowest BCUT2D eigenvalue weighted by atomic mass is 10.0. The Balaban J connectivity index is 1.58. The second-order valence-electron chi connectivity index (χ2n) is 6.30. The van der Waals surface area contributed by atoms with Crippen molar-refractivity contribution < 1.29 is 14.3 Å². The summed E-state index contributed by atoms with van der Waals surface area (Å²) in [6.07, 6.45) is 3.62. The van der Waals surface area contributed by atoms with Gasteiger partial charge in [0.2, 0.25) is 0 Å². The molecule has 144 valence electrons. The zero-order valence-electron chi connectivity index (χ0n) is 15.7. The van der Waals surface area contributed by atoms with Gasteiger partial charge in [-0.3, -0.25) is 4.79 Å². The molecule has 2 aromatic rings. The lowest BCUT2D eigenvalue weighted by molar-refractivity contribution is -0.119. The molecule has 0 spiro atoms. The molecule has 28 heavy (non-hydrogen) atoms. The van der Waals surface area contributed by atoms with E-state index < -0.39 is 0 Å². The Morgan fingerprint density at radius 1 is 1.32 bits per heavy atom. The van der Waals surface area contributed by atoms with E-state index in [1.807, 2.05) is 24.3 Å². The molecule has 3 rings (SSSR count). The first-order chi connectivity index (χ1) is 13.7. The number of aryl methyl sites for hydroxylation is 1. The zero-order valence-corrected chi connectivity index (χ0v) is 15.7. The monoisotopic (exact) mass is 378 g/mol. The minimum atomic E-state index is -0.172. The molecule has 0 aromatic heterocycles. The van der Waals surface area contributed by atoms with Crippen LogP contribution in [0, 0.1) is 11.3 Å². The van der Waals surface area contributed by atoms with Crippen molar-refractivity contribution in [2.75, 3.05) is 31.7 Å². The van der Waals surface area contributed by atoms with Crippen molar-refractivity contribution in [1.29, 1.82) is 5.26 Å². The highest BCUT2D eigenvalue weighted by Crippen LogP contribution is 2.27. The van der Waals surface area contributed by atoms with Gasteiger partial charge in [0.1, 0.15) is 6.07 Å². The molecule has 7 nitrogen and oxygen atoms in total. The molecule has 0 bridgehead atoms. The first kappa shape index (κ1) is 19.2. The Morgan fingerprint density at radius 3 is 3.00 bits per heavy atom. The van der Waals surface area contributed by atoms with Crippen molar-refractivity contribution in [3.05, 3.63) is 53.6 Å². The predicted molar refractivity (Wildman–Crippen MR) is 107 cm³/mol. The predicted octanol–water partition coefficient (Wildman–Crippen LogP) is 2.50. The van der Waals surface area contributed by atoms with Crippen LogP contribution in [-0.2, 0) is 11.2 Å². The first-order valence-corrected chi connectivity index (χ1v) is 9.04. The topological polar surface area (TPSA) is 86.9 Å². The molecule has 1 aliphatic heterocycles. The number of nitrogens with zero attached hydrogens (tertiary/aromatic N) is 3. The molecule has 0 unspecified atom stereocenters. The standard InChI is InChI=1S/C21H22N4O3/c1-27-20-13-16(8-9-19(20)28-12-10-22)14-23-24-21(26)15-25-11-4-6-17-5-2-3-7-18(17)25/h2-3,5,7-9,13-14H,4,6,11-12,15H2,1H3,(H,24,26)/b23-14-. The average Bonchev–Trinajstić information content (AvgIpc) is 2.73. The molecule has 7 heteroatoms. The molecular formula is C21H22N4O3. The molecule has 0 fully saturated rings. The van der Waals surface area contributed by atoms with Gasteiger partial charge in [-0.1, -0.05) is 18.2 Å². The number of fused-ring (bicyclic) bond motifs is 1. The van der Waals surface area contributed by atoms with Crippen molar-refractivity contribution in [1.82, 2.24) is 5.43 Å². The largest absolute Gasteiger partial charge is 0.493 e. The number of nitrogens with one attached hydrogen (secondary N) is 1. The van der Waals surface area contributed by atoms with E-state index in [2.05, 4.69) is 21.5 Å². The van der Waals surface area contributed by atoms with E-state index in [9.17, 15) is 4.79 Å². The van der Waals surface area contributed by atoms with E-state index in [1.165, 1.54) is 12.7 Å². The van der Waals surface area contributed by atoms with Crippen LogP contribution in [0.3, 0.4) is 0 Å². The molecule has 2 aromatic carbocycles. The number of nitriles is 1. The minimum Gasteiger partial charge on any atom is -0.493 e. The van der Waals surface area contributed by atoms with Gasteiger partial charge in [0.15, 0.2) is 18.1 Å². The summed E-state index contributed by atoms with van der Waals surface area (Å²) >= 11 is 0. The Hall–Kier alpha value is -3.53. The van der Waals surface area contributed by atoms with Gasteiger partial charge in [-0.05, 0) is 48.2 Å². The number of ether oxygens (including phenoxy) is 2. The number of hydrogen-bond acceptors (Lipinski definition) is 6. The third kappa shape index (κ3) is 4.80. The highest BCUT2D eigenvalue weighted by Gasteiger charge is 2.18. The molecule has 0 saturated heterocycles. The number of benzene rings is 2. The number of carbonyl (C=O) groups is 1. The molecule has 0 atom stereocenters. The summed E-state index contributed by atoms with van der Waals surface area (Å²) in [6, 6.07) is 15.3. The summed E-state index contributed by atoms with van der Waals surface area (Å²) in [5.74, 6) is 0.804. The van der Waals surface area contributed by atoms with Crippen LogP contribution < -0.4 is 19.8 Å². The second-order valence-corrected chi connectivity index (χ2v) is 6.30. The Kier molecular flexibility index (Phi) is 6.47. The number of amides is 1. The number of para-hydroxylation sites is 1. The highest BCUT2D eigenvalue weighted by atomic mass is 16.5. The van der Waals surface area contributed by atoms with E-state index in [0.717, 1.165) is 30.6 Å². The Bertz CT molecular complexity index is 905. The van der Waals surface area contributed by atoms with E-state index in [0.29, 0.717) is 11.5 Å². The van der Waals surface area contributed by atoms with E-state index >= 15 is 0 Å². The highest BCUT2D eigenvalue weighted by molar-refractivity contribution is 5.85. The fraction of sp³-hybridized carbons (Fsp3) is 0.286. The van der Waals surface area contributed by atoms with Crippen molar-refractivity contribution in [3.8, 4) is 17.6 Å². The third-order valence-electron chi connectivity index (χ3n) is 4.42. The maximum atomic E-state index is 12.3. The van der Waals surface area contributed by atoms with Gasteiger partial charge < -0.3 is 14.4 Å². The summed E-state index contributed by atoms with van der Waals surface area (Å²) < 4.78 is 10.5. The third-order valence-corrected chi connectivity index (χ3v) is 4.42. The number of hydrazone groups is 1. The van der Waals surface area contributed by atoms with Gasteiger partial charge in [-0.15, -0.1) is 0 Å². The Labute approximate surface area is 164 Å².